The van der Waals surface area contributed by atoms with Gasteiger partial charge in [0, 0.05) is 112 Å². The smallest absolute Gasteiger partial charge is 0.323 e. The van der Waals surface area contributed by atoms with Crippen LogP contribution in [0.2, 0.25) is 0 Å². The van der Waals surface area contributed by atoms with Gasteiger partial charge in [0.25, 0.3) is 0 Å². The summed E-state index contributed by atoms with van der Waals surface area (Å²) in [4.78, 5) is 274. The minimum absolute atomic E-state index is 0.00107. The third kappa shape index (κ3) is 30.5. The van der Waals surface area contributed by atoms with Crippen LogP contribution in [0.3, 0.4) is 0 Å². The third-order valence-corrected chi connectivity index (χ3v) is 27.0. The number of carbonyl (C=O) groups excluding carboxylic acids is 17. The van der Waals surface area contributed by atoms with E-state index < -0.39 is 241 Å². The van der Waals surface area contributed by atoms with E-state index in [0.29, 0.717) is 75.5 Å². The molecule has 15 atom stereocenters. The predicted octanol–water partition coefficient (Wildman–Crippen LogP) is 0.339. The number of hydrogen-bond donors (Lipinski definition) is 18. The van der Waals surface area contributed by atoms with Gasteiger partial charge < -0.3 is 129 Å². The Balaban J connectivity index is 1.04. The highest BCUT2D eigenvalue weighted by atomic mass is 32.2. The topological polar surface area (TPSA) is 628 Å². The first-order valence-electron chi connectivity index (χ1n) is 48.8. The molecular formula is C100H137N21O22S. The van der Waals surface area contributed by atoms with Gasteiger partial charge in [0.15, 0.2) is 0 Å². The number of thioether (sulfide) groups is 1. The number of H-pyrrole nitrogens is 1. The number of primary amides is 2. The lowest BCUT2D eigenvalue weighted by Crippen LogP contribution is -2.62. The van der Waals surface area contributed by atoms with Crippen molar-refractivity contribution < 1.29 is 106 Å². The Bertz CT molecular complexity index is 5730. The molecule has 3 fully saturated rings. The van der Waals surface area contributed by atoms with Crippen LogP contribution in [0.5, 0.6) is 5.75 Å². The molecule has 0 radical (unpaired) electrons. The van der Waals surface area contributed by atoms with Crippen LogP contribution in [0.25, 0.3) is 32.8 Å². The molecule has 0 spiro atoms. The minimum Gasteiger partial charge on any atom is -0.508 e. The average Bonchev–Trinajstić information content (AvgIpc) is 1.73. The number of carbonyl (C=O) groups is 18. The second-order valence-electron chi connectivity index (χ2n) is 38.0. The van der Waals surface area contributed by atoms with Crippen LogP contribution in [0.1, 0.15) is 154 Å². The highest BCUT2D eigenvalue weighted by Crippen LogP contribution is 2.30. The molecular weight excluding hydrogens is 1880 g/mol. The molecule has 10 rings (SSSR count). The number of rotatable bonds is 29. The first-order valence-corrected chi connectivity index (χ1v) is 50.0. The number of likely N-dealkylation sites (N-methyl/N-ethyl adjacent to an activating group) is 3. The summed E-state index contributed by atoms with van der Waals surface area (Å²) in [6.45, 7) is 9.48. The first-order chi connectivity index (χ1) is 68.6. The lowest BCUT2D eigenvalue weighted by atomic mass is 9.99. The van der Waals surface area contributed by atoms with Crippen molar-refractivity contribution in [2.45, 2.75) is 255 Å². The largest absolute Gasteiger partial charge is 0.508 e. The van der Waals surface area contributed by atoms with Crippen LogP contribution in [-0.2, 0) is 119 Å². The Hall–Kier alpha value is -14.0. The number of carboxylic acids is 1. The molecule has 3 saturated heterocycles. The molecule has 0 saturated carbocycles. The van der Waals surface area contributed by atoms with E-state index in [0.717, 1.165) is 36.7 Å². The summed E-state index contributed by atoms with van der Waals surface area (Å²) in [7, 11) is 3.93. The molecule has 0 unspecified atom stereocenters. The van der Waals surface area contributed by atoms with Crippen LogP contribution in [-0.4, -0.2) is 312 Å². The van der Waals surface area contributed by atoms with Gasteiger partial charge in [-0.05, 0) is 123 Å². The SMILES string of the molecule is CCCC[C@H]1C(=O)N(C)[C@@H](CCCC)C(=O)N[C@@H](CC(C)C)C(=O)N[C@H](C(=O)NCC(N)=O)CSCC(=O)N[C@@H](Cc2ccc(O)cc2)C(=O)N(C)[C@@H](C)C(=O)N[C@@H](CC(N)=O)C(=O)N2CCC[C@H]2C(=O)N[C@@H](CNCc2cc3ccccc3o2)C(=O)N[C@@H](CC(C)C)C(=O)N2C[C@H](O)C[C@H]2C(=O)N[C@@H](Cc2c[nH]c3ccccc23)C(=O)N[C@@H](CCN)C(=O)N[C@@H](Cc2cn(CC(=O)O)c3ccccc23)C(=O)N1C. The summed E-state index contributed by atoms with van der Waals surface area (Å²) in [5.74, 6) is -18.4. The number of nitrogens with one attached hydrogen (secondary N) is 12. The number of aromatic hydroxyl groups is 1. The lowest BCUT2D eigenvalue weighted by molar-refractivity contribution is -0.149. The summed E-state index contributed by atoms with van der Waals surface area (Å²) < 4.78 is 7.51. The number of aliphatic hydroxyl groups excluding tert-OH is 1. The highest BCUT2D eigenvalue weighted by Gasteiger charge is 2.47. The molecule has 17 amide bonds. The number of para-hydroxylation sites is 3. The van der Waals surface area contributed by atoms with Gasteiger partial charge in [-0.25, -0.2) is 0 Å². The fourth-order valence-corrected chi connectivity index (χ4v) is 19.1. The first kappa shape index (κ1) is 112. The molecule has 4 aromatic carbocycles. The lowest BCUT2D eigenvalue weighted by Gasteiger charge is -2.36. The van der Waals surface area contributed by atoms with E-state index in [-0.39, 0.29) is 108 Å². The van der Waals surface area contributed by atoms with Crippen LogP contribution >= 0.6 is 11.8 Å². The summed E-state index contributed by atoms with van der Waals surface area (Å²) in [5, 5.41) is 64.1. The Morgan fingerprint density at radius 2 is 1.13 bits per heavy atom. The van der Waals surface area contributed by atoms with Crippen molar-refractivity contribution in [2.24, 2.45) is 29.0 Å². The van der Waals surface area contributed by atoms with Crippen molar-refractivity contribution in [1.29, 1.82) is 0 Å². The maximum atomic E-state index is 16.1. The summed E-state index contributed by atoms with van der Waals surface area (Å²) >= 11 is 0.786. The molecule has 0 aliphatic carbocycles. The number of nitrogens with zero attached hydrogens (tertiary/aromatic N) is 6. The maximum Gasteiger partial charge on any atom is 0.323 e. The Kier molecular flexibility index (Phi) is 41.1. The number of phenols is 1. The van der Waals surface area contributed by atoms with Crippen molar-refractivity contribution in [3.8, 4) is 5.75 Å². The van der Waals surface area contributed by atoms with Gasteiger partial charge in [-0.2, -0.15) is 0 Å². The second kappa shape index (κ2) is 52.8. The Morgan fingerprint density at radius 1 is 0.562 bits per heavy atom. The maximum absolute atomic E-state index is 16.1. The van der Waals surface area contributed by atoms with E-state index in [2.05, 4.69) is 63.5 Å². The summed E-state index contributed by atoms with van der Waals surface area (Å²) in [6.07, 6.45) is 0.839. The zero-order chi connectivity index (χ0) is 105. The minimum atomic E-state index is -1.79. The van der Waals surface area contributed by atoms with Crippen LogP contribution < -0.4 is 75.7 Å². The third-order valence-electron chi connectivity index (χ3n) is 26.0. The number of benzene rings is 4. The number of aliphatic carboxylic acids is 1. The molecule has 0 bridgehead atoms. The number of fused-ring (bicyclic) bond motifs is 5. The summed E-state index contributed by atoms with van der Waals surface area (Å²) in [6, 6.07) is 6.65. The molecule has 43 nitrogen and oxygen atoms in total. The van der Waals surface area contributed by atoms with Crippen LogP contribution in [0, 0.1) is 11.8 Å². The van der Waals surface area contributed by atoms with Crippen molar-refractivity contribution >= 4 is 151 Å². The highest BCUT2D eigenvalue weighted by molar-refractivity contribution is 8.00. The fourth-order valence-electron chi connectivity index (χ4n) is 18.2. The number of furan rings is 1. The molecule has 44 heteroatoms. The Morgan fingerprint density at radius 3 is 1.81 bits per heavy atom. The van der Waals surface area contributed by atoms with E-state index in [4.69, 9.17) is 21.6 Å². The predicted molar refractivity (Wildman–Crippen MR) is 534 cm³/mol. The normalized spacial score (nSPS) is 24.1. The zero-order valence-electron chi connectivity index (χ0n) is 82.9. The number of aliphatic hydroxyl groups is 1. The van der Waals surface area contributed by atoms with Gasteiger partial charge in [-0.15, -0.1) is 11.8 Å². The fraction of sp³-hybridized carbons (Fsp3) is 0.520. The number of carboxylic acid groups (broad SMARTS) is 1. The monoisotopic (exact) mass is 2020 g/mol. The number of aromatic amines is 1. The van der Waals surface area contributed by atoms with Crippen LogP contribution in [0.4, 0.5) is 0 Å². The standard InChI is InChI=1S/C100H137N21O22S/c1-11-13-26-78-93(135)109-69(38-55(3)4)90(132)115-76(88(130)106-49-84(103)125)53-144-54-85(126)107-72(40-58-31-33-62(122)34-32-58)96(138)116(8)57(7)87(129)111-74(45-83(102)124)98(140)120-37-21-29-79(120)94(136)114-75(48-104-47-64-41-59-22-15-20-30-82(59)143-64)92(134)112-71(39-56(5)6)99(141)121-51-63(123)44-81(121)95(137)110-70(42-60-46-105-67-25-18-16-23-65(60)67)91(133)108-68(35-36-101)89(131)113-73(97(139)118(10)80(27-14-12-2)100(142)117(78)9)43-61-50-119(52-86(127)128)77-28-19-17-24-66(61)77/h15-20,22-25,28,30-34,41,46,50,55-57,63,68-76,78-81,104-105,122-123H,11-14,21,26-27,29,35-40,42-45,47-49,51-54,101H2,1-10H3,(H2,102,124)(H2,103,125)(H,106,130)(H,107,126)(H,108,133)(H,109,135)(H,110,137)(H,111,129)(H,112,134)(H,113,131)(H,114,136)(H,115,132)(H,127,128)/t57-,63+,68-,69-,70-,71-,72-,73-,74-,75-,76-,78-,79-,80-,81-/m0/s1. The molecule has 6 heterocycles. The quantitative estimate of drug-likeness (QED) is 0.0300. The van der Waals surface area contributed by atoms with Gasteiger partial charge in [0.2, 0.25) is 100 Å². The van der Waals surface area contributed by atoms with Gasteiger partial charge in [0.1, 0.15) is 108 Å². The van der Waals surface area contributed by atoms with Crippen molar-refractivity contribution in [3.63, 3.8) is 0 Å². The Labute approximate surface area is 838 Å². The van der Waals surface area contributed by atoms with E-state index in [1.54, 1.807) is 101 Å². The molecule has 3 aromatic heterocycles. The number of phenolic OH excluding ortho intramolecular Hbond substituents is 1. The number of aromatic nitrogens is 2. The summed E-state index contributed by atoms with van der Waals surface area (Å²) in [5.41, 5.74) is 20.4. The van der Waals surface area contributed by atoms with E-state index in [1.165, 1.54) is 68.0 Å². The van der Waals surface area contributed by atoms with Crippen LogP contribution in [0.15, 0.2) is 120 Å². The van der Waals surface area contributed by atoms with E-state index in [1.807, 2.05) is 26.0 Å². The number of hydrogen-bond acceptors (Lipinski definition) is 24. The van der Waals surface area contributed by atoms with Gasteiger partial charge in [-0.3, -0.25) is 86.3 Å². The van der Waals surface area contributed by atoms with Gasteiger partial charge in [0.05, 0.1) is 31.4 Å². The van der Waals surface area contributed by atoms with E-state index >= 15 is 47.9 Å². The molecule has 7 aromatic rings. The molecule has 780 valence electrons. The van der Waals surface area contributed by atoms with E-state index in [9.17, 15) is 53.7 Å². The number of amides is 17. The van der Waals surface area contributed by atoms with Gasteiger partial charge in [-0.1, -0.05) is 134 Å². The number of unbranched alkanes of at least 4 members (excludes halogenated alkanes) is 2. The molecule has 3 aliphatic rings. The second-order valence-corrected chi connectivity index (χ2v) is 39.0. The molecule has 21 N–H and O–H groups in total. The zero-order valence-corrected chi connectivity index (χ0v) is 83.7. The average molecular weight is 2020 g/mol. The van der Waals surface area contributed by atoms with Gasteiger partial charge >= 0.3 is 5.97 Å². The molecule has 144 heavy (non-hydrogen) atoms. The van der Waals surface area contributed by atoms with Crippen molar-refractivity contribution in [3.05, 3.63) is 138 Å². The molecule has 3 aliphatic heterocycles. The number of nitrogens with two attached hydrogens (primary N) is 3. The van der Waals surface area contributed by atoms with Crippen molar-refractivity contribution in [1.82, 2.24) is 92.5 Å². The van der Waals surface area contributed by atoms with Crippen molar-refractivity contribution in [2.75, 3.05) is 65.4 Å².